The summed E-state index contributed by atoms with van der Waals surface area (Å²) in [6.07, 6.45) is 0. The first-order valence-electron chi connectivity index (χ1n) is 5.46. The number of carboxylic acid groups (broad SMARTS) is 1. The van der Waals surface area contributed by atoms with E-state index in [9.17, 15) is 13.6 Å². The maximum absolute atomic E-state index is 13.0. The van der Waals surface area contributed by atoms with Gasteiger partial charge in [0.25, 0.3) is 0 Å². The minimum atomic E-state index is -1.07. The van der Waals surface area contributed by atoms with Crippen LogP contribution in [0.1, 0.15) is 19.4 Å². The molecule has 3 N–H and O–H groups in total. The van der Waals surface area contributed by atoms with Crippen molar-refractivity contribution < 1.29 is 23.8 Å². The first-order chi connectivity index (χ1) is 8.32. The van der Waals surface area contributed by atoms with Crippen LogP contribution in [0, 0.1) is 17.6 Å². The smallest absolute Gasteiger partial charge is 0.320 e. The zero-order valence-electron chi connectivity index (χ0n) is 10.1. The van der Waals surface area contributed by atoms with E-state index < -0.39 is 29.4 Å². The summed E-state index contributed by atoms with van der Waals surface area (Å²) < 4.78 is 26.1. The summed E-state index contributed by atoms with van der Waals surface area (Å²) in [6.45, 7) is 3.46. The van der Waals surface area contributed by atoms with E-state index in [0.29, 0.717) is 0 Å². The average molecular weight is 259 g/mol. The van der Waals surface area contributed by atoms with Crippen molar-refractivity contribution in [1.82, 2.24) is 5.32 Å². The number of hydrogen-bond donors (Lipinski definition) is 3. The molecule has 0 aromatic heterocycles. The normalized spacial score (nSPS) is 12.7. The molecule has 18 heavy (non-hydrogen) atoms. The van der Waals surface area contributed by atoms with Crippen LogP contribution >= 0.6 is 0 Å². The number of aliphatic carboxylic acids is 1. The zero-order chi connectivity index (χ0) is 13.9. The maximum Gasteiger partial charge on any atom is 0.320 e. The van der Waals surface area contributed by atoms with E-state index >= 15 is 0 Å². The summed E-state index contributed by atoms with van der Waals surface area (Å²) in [5.74, 6) is -4.34. The van der Waals surface area contributed by atoms with E-state index in [4.69, 9.17) is 10.2 Å². The lowest BCUT2D eigenvalue weighted by atomic mass is 10.0. The third-order valence-electron chi connectivity index (χ3n) is 2.54. The highest BCUT2D eigenvalue weighted by atomic mass is 19.1. The van der Waals surface area contributed by atoms with E-state index in [0.717, 1.165) is 12.1 Å². The van der Waals surface area contributed by atoms with Crippen LogP contribution in [0.15, 0.2) is 12.1 Å². The molecule has 100 valence electrons. The molecular formula is C12H15F2NO3. The second-order valence-corrected chi connectivity index (χ2v) is 4.35. The average Bonchev–Trinajstić information content (AvgIpc) is 2.24. The summed E-state index contributed by atoms with van der Waals surface area (Å²) in [4.78, 5) is 10.9. The van der Waals surface area contributed by atoms with Gasteiger partial charge in [0.2, 0.25) is 0 Å². The van der Waals surface area contributed by atoms with Crippen molar-refractivity contribution in [2.45, 2.75) is 26.4 Å². The highest BCUT2D eigenvalue weighted by Gasteiger charge is 2.20. The molecule has 0 radical (unpaired) electrons. The van der Waals surface area contributed by atoms with Gasteiger partial charge >= 0.3 is 5.97 Å². The Morgan fingerprint density at radius 2 is 1.83 bits per heavy atom. The Morgan fingerprint density at radius 3 is 2.22 bits per heavy atom. The number of rotatable bonds is 5. The van der Waals surface area contributed by atoms with Crippen LogP contribution in [-0.2, 0) is 11.3 Å². The predicted octanol–water partition coefficient (Wildman–Crippen LogP) is 1.87. The zero-order valence-corrected chi connectivity index (χ0v) is 10.1. The van der Waals surface area contributed by atoms with Crippen LogP contribution in [0.2, 0.25) is 0 Å². The second kappa shape index (κ2) is 5.77. The molecule has 4 nitrogen and oxygen atoms in total. The van der Waals surface area contributed by atoms with Crippen molar-refractivity contribution in [2.75, 3.05) is 0 Å². The molecule has 0 aliphatic rings. The number of carboxylic acids is 1. The van der Waals surface area contributed by atoms with Crippen molar-refractivity contribution in [3.05, 3.63) is 29.3 Å². The highest BCUT2D eigenvalue weighted by Crippen LogP contribution is 2.21. The molecular weight excluding hydrogens is 244 g/mol. The Labute approximate surface area is 103 Å². The molecule has 1 atom stereocenters. The Hall–Kier alpha value is -1.69. The molecule has 0 saturated carbocycles. The molecule has 1 rings (SSSR count). The Morgan fingerprint density at radius 1 is 1.33 bits per heavy atom. The lowest BCUT2D eigenvalue weighted by Crippen LogP contribution is -2.40. The van der Waals surface area contributed by atoms with Crippen molar-refractivity contribution in [1.29, 1.82) is 0 Å². The van der Waals surface area contributed by atoms with E-state index in [-0.39, 0.29) is 18.0 Å². The maximum atomic E-state index is 13.0. The molecule has 0 aliphatic carbocycles. The van der Waals surface area contributed by atoms with Crippen LogP contribution < -0.4 is 5.32 Å². The molecule has 0 amide bonds. The number of benzene rings is 1. The van der Waals surface area contributed by atoms with Gasteiger partial charge in [-0.05, 0) is 23.6 Å². The Kier molecular flexibility index (Phi) is 4.61. The minimum absolute atomic E-state index is 0.00324. The van der Waals surface area contributed by atoms with Gasteiger partial charge < -0.3 is 15.5 Å². The largest absolute Gasteiger partial charge is 0.503 e. The topological polar surface area (TPSA) is 69.6 Å². The Bertz CT molecular complexity index is 426. The number of phenolic OH excluding ortho intramolecular Hbond substituents is 1. The SMILES string of the molecule is CC(C)C(NCc1cc(F)c(O)c(F)c1)C(=O)O. The fourth-order valence-corrected chi connectivity index (χ4v) is 1.56. The minimum Gasteiger partial charge on any atom is -0.503 e. The van der Waals surface area contributed by atoms with Crippen LogP contribution in [0.25, 0.3) is 0 Å². The third kappa shape index (κ3) is 3.40. The molecule has 0 heterocycles. The summed E-state index contributed by atoms with van der Waals surface area (Å²) >= 11 is 0. The summed E-state index contributed by atoms with van der Waals surface area (Å²) in [5.41, 5.74) is 0.231. The summed E-state index contributed by atoms with van der Waals surface area (Å²) in [5, 5.41) is 20.5. The van der Waals surface area contributed by atoms with Crippen molar-refractivity contribution in [3.63, 3.8) is 0 Å². The summed E-state index contributed by atoms with van der Waals surface area (Å²) in [7, 11) is 0. The first-order valence-corrected chi connectivity index (χ1v) is 5.46. The molecule has 0 spiro atoms. The van der Waals surface area contributed by atoms with Gasteiger partial charge in [0.05, 0.1) is 0 Å². The molecule has 0 saturated heterocycles. The predicted molar refractivity (Wildman–Crippen MR) is 61.1 cm³/mol. The van der Waals surface area contributed by atoms with Crippen LogP contribution in [0.5, 0.6) is 5.75 Å². The fourth-order valence-electron chi connectivity index (χ4n) is 1.56. The van der Waals surface area contributed by atoms with Gasteiger partial charge in [0.15, 0.2) is 17.4 Å². The van der Waals surface area contributed by atoms with Gasteiger partial charge in [-0.2, -0.15) is 0 Å². The molecule has 0 bridgehead atoms. The van der Waals surface area contributed by atoms with Gasteiger partial charge in [-0.15, -0.1) is 0 Å². The highest BCUT2D eigenvalue weighted by molar-refractivity contribution is 5.73. The van der Waals surface area contributed by atoms with E-state index in [1.165, 1.54) is 0 Å². The quantitative estimate of drug-likeness (QED) is 0.755. The number of carbonyl (C=O) groups is 1. The van der Waals surface area contributed by atoms with Gasteiger partial charge in [0, 0.05) is 6.54 Å². The molecule has 6 heteroatoms. The van der Waals surface area contributed by atoms with Crippen LogP contribution in [-0.4, -0.2) is 22.2 Å². The van der Waals surface area contributed by atoms with Crippen LogP contribution in [0.4, 0.5) is 8.78 Å². The number of nitrogens with one attached hydrogen (secondary N) is 1. The standard InChI is InChI=1S/C12H15F2NO3/c1-6(2)10(12(17)18)15-5-7-3-8(13)11(16)9(14)4-7/h3-4,6,10,15-16H,5H2,1-2H3,(H,17,18). The van der Waals surface area contributed by atoms with Gasteiger partial charge in [-0.25, -0.2) is 8.78 Å². The monoisotopic (exact) mass is 259 g/mol. The van der Waals surface area contributed by atoms with Gasteiger partial charge in [-0.3, -0.25) is 4.79 Å². The molecule has 0 aliphatic heterocycles. The van der Waals surface area contributed by atoms with Crippen LogP contribution in [0.3, 0.4) is 0 Å². The number of phenols is 1. The third-order valence-corrected chi connectivity index (χ3v) is 2.54. The summed E-state index contributed by atoms with van der Waals surface area (Å²) in [6, 6.07) is 1.12. The number of hydrogen-bond acceptors (Lipinski definition) is 3. The molecule has 1 aromatic carbocycles. The second-order valence-electron chi connectivity index (χ2n) is 4.35. The van der Waals surface area contributed by atoms with E-state index in [1.54, 1.807) is 13.8 Å². The van der Waals surface area contributed by atoms with E-state index in [2.05, 4.69) is 5.32 Å². The molecule has 1 unspecified atom stereocenters. The lowest BCUT2D eigenvalue weighted by molar-refractivity contribution is -0.140. The molecule has 1 aromatic rings. The number of halogens is 2. The lowest BCUT2D eigenvalue weighted by Gasteiger charge is -2.18. The fraction of sp³-hybridized carbons (Fsp3) is 0.417. The first kappa shape index (κ1) is 14.4. The van der Waals surface area contributed by atoms with Crippen molar-refractivity contribution >= 4 is 5.97 Å². The van der Waals surface area contributed by atoms with E-state index in [1.807, 2.05) is 0 Å². The van der Waals surface area contributed by atoms with Gasteiger partial charge in [0.1, 0.15) is 6.04 Å². The number of aromatic hydroxyl groups is 1. The van der Waals surface area contributed by atoms with Crippen molar-refractivity contribution in [3.8, 4) is 5.75 Å². The van der Waals surface area contributed by atoms with Crippen molar-refractivity contribution in [2.24, 2.45) is 5.92 Å². The molecule has 0 fully saturated rings. The van der Waals surface area contributed by atoms with Gasteiger partial charge in [-0.1, -0.05) is 13.8 Å². The Balaban J connectivity index is 2.77.